The van der Waals surface area contributed by atoms with E-state index in [1.165, 1.54) is 0 Å². The standard InChI is InChI=1S/C12H17ClN2O2/c1-9-8-17-11(7-16)6-15(9)5-10-2-3-14-12(13)4-10/h2-4,9,11,16H,5-8H2,1H3. The minimum absolute atomic E-state index is 0.0698. The molecule has 0 spiro atoms. The maximum atomic E-state index is 9.12. The number of aromatic nitrogens is 1. The van der Waals surface area contributed by atoms with Gasteiger partial charge in [0.1, 0.15) is 5.15 Å². The molecule has 2 heterocycles. The number of ether oxygens (including phenoxy) is 1. The predicted molar refractivity (Wildman–Crippen MR) is 65.9 cm³/mol. The van der Waals surface area contributed by atoms with Gasteiger partial charge < -0.3 is 9.84 Å². The van der Waals surface area contributed by atoms with Crippen LogP contribution in [0.4, 0.5) is 0 Å². The van der Waals surface area contributed by atoms with Crippen molar-refractivity contribution in [3.8, 4) is 0 Å². The lowest BCUT2D eigenvalue weighted by Crippen LogP contribution is -2.48. The van der Waals surface area contributed by atoms with Crippen LogP contribution in [0.15, 0.2) is 18.3 Å². The molecule has 0 aliphatic carbocycles. The number of morpholine rings is 1. The van der Waals surface area contributed by atoms with Gasteiger partial charge in [0, 0.05) is 25.3 Å². The van der Waals surface area contributed by atoms with Crippen molar-refractivity contribution in [3.63, 3.8) is 0 Å². The van der Waals surface area contributed by atoms with Crippen molar-refractivity contribution < 1.29 is 9.84 Å². The average molecular weight is 257 g/mol. The van der Waals surface area contributed by atoms with Gasteiger partial charge in [-0.25, -0.2) is 4.98 Å². The highest BCUT2D eigenvalue weighted by Gasteiger charge is 2.25. The van der Waals surface area contributed by atoms with Crippen LogP contribution in [-0.2, 0) is 11.3 Å². The topological polar surface area (TPSA) is 45.6 Å². The van der Waals surface area contributed by atoms with Gasteiger partial charge in [-0.15, -0.1) is 0 Å². The Kier molecular flexibility index (Phi) is 4.34. The molecule has 1 aromatic rings. The molecular formula is C12H17ClN2O2. The van der Waals surface area contributed by atoms with E-state index >= 15 is 0 Å². The Hall–Kier alpha value is -0.680. The summed E-state index contributed by atoms with van der Waals surface area (Å²) in [5.41, 5.74) is 1.13. The third kappa shape index (κ3) is 3.39. The van der Waals surface area contributed by atoms with Crippen LogP contribution in [-0.4, -0.2) is 46.9 Å². The fourth-order valence-electron chi connectivity index (χ4n) is 1.98. The Morgan fingerprint density at radius 1 is 1.65 bits per heavy atom. The molecule has 1 fully saturated rings. The summed E-state index contributed by atoms with van der Waals surface area (Å²) in [6, 6.07) is 4.18. The molecule has 94 valence electrons. The van der Waals surface area contributed by atoms with Crippen molar-refractivity contribution in [2.45, 2.75) is 25.6 Å². The molecule has 1 aromatic heterocycles. The summed E-state index contributed by atoms with van der Waals surface area (Å²) in [6.45, 7) is 4.40. The maximum Gasteiger partial charge on any atom is 0.129 e. The van der Waals surface area contributed by atoms with E-state index in [4.69, 9.17) is 21.4 Å². The van der Waals surface area contributed by atoms with Gasteiger partial charge in [-0.2, -0.15) is 0 Å². The number of pyridine rings is 1. The van der Waals surface area contributed by atoms with Crippen molar-refractivity contribution >= 4 is 11.6 Å². The number of halogens is 1. The van der Waals surface area contributed by atoms with Gasteiger partial charge in [-0.05, 0) is 24.6 Å². The van der Waals surface area contributed by atoms with Crippen LogP contribution < -0.4 is 0 Å². The molecule has 2 rings (SSSR count). The van der Waals surface area contributed by atoms with E-state index in [-0.39, 0.29) is 12.7 Å². The highest BCUT2D eigenvalue weighted by Crippen LogP contribution is 2.16. The molecule has 0 aromatic carbocycles. The van der Waals surface area contributed by atoms with Crippen molar-refractivity contribution in [2.75, 3.05) is 19.8 Å². The van der Waals surface area contributed by atoms with E-state index in [2.05, 4.69) is 16.8 Å². The molecule has 0 radical (unpaired) electrons. The summed E-state index contributed by atoms with van der Waals surface area (Å²) in [5, 5.41) is 9.64. The van der Waals surface area contributed by atoms with Crippen LogP contribution >= 0.6 is 11.6 Å². The summed E-state index contributed by atoms with van der Waals surface area (Å²) >= 11 is 5.86. The molecule has 4 nitrogen and oxygen atoms in total. The first-order chi connectivity index (χ1) is 8.19. The van der Waals surface area contributed by atoms with Crippen LogP contribution in [0.5, 0.6) is 0 Å². The van der Waals surface area contributed by atoms with Gasteiger partial charge >= 0.3 is 0 Å². The second kappa shape index (κ2) is 5.78. The molecule has 1 N–H and O–H groups in total. The van der Waals surface area contributed by atoms with Crippen molar-refractivity contribution in [1.82, 2.24) is 9.88 Å². The number of hydrogen-bond acceptors (Lipinski definition) is 4. The molecule has 5 heteroatoms. The first-order valence-corrected chi connectivity index (χ1v) is 6.14. The fraction of sp³-hybridized carbons (Fsp3) is 0.583. The molecule has 1 aliphatic heterocycles. The zero-order chi connectivity index (χ0) is 12.3. The van der Waals surface area contributed by atoms with E-state index in [0.717, 1.165) is 18.7 Å². The first-order valence-electron chi connectivity index (χ1n) is 5.76. The minimum Gasteiger partial charge on any atom is -0.394 e. The number of aliphatic hydroxyl groups excluding tert-OH is 1. The van der Waals surface area contributed by atoms with Crippen LogP contribution in [0.1, 0.15) is 12.5 Å². The monoisotopic (exact) mass is 256 g/mol. The lowest BCUT2D eigenvalue weighted by Gasteiger charge is -2.37. The zero-order valence-corrected chi connectivity index (χ0v) is 10.6. The van der Waals surface area contributed by atoms with Crippen molar-refractivity contribution in [2.24, 2.45) is 0 Å². The van der Waals surface area contributed by atoms with Crippen molar-refractivity contribution in [1.29, 1.82) is 0 Å². The third-order valence-electron chi connectivity index (χ3n) is 3.01. The predicted octanol–water partition coefficient (Wildman–Crippen LogP) is 1.32. The van der Waals surface area contributed by atoms with E-state index in [1.807, 2.05) is 12.1 Å². The van der Waals surface area contributed by atoms with Gasteiger partial charge in [0.25, 0.3) is 0 Å². The molecule has 2 unspecified atom stereocenters. The minimum atomic E-state index is -0.0801. The summed E-state index contributed by atoms with van der Waals surface area (Å²) in [7, 11) is 0. The maximum absolute atomic E-state index is 9.12. The summed E-state index contributed by atoms with van der Waals surface area (Å²) in [5.74, 6) is 0. The largest absolute Gasteiger partial charge is 0.394 e. The second-order valence-corrected chi connectivity index (χ2v) is 4.79. The van der Waals surface area contributed by atoms with E-state index in [0.29, 0.717) is 17.8 Å². The molecule has 0 bridgehead atoms. The molecule has 17 heavy (non-hydrogen) atoms. The van der Waals surface area contributed by atoms with Crippen molar-refractivity contribution in [3.05, 3.63) is 29.0 Å². The van der Waals surface area contributed by atoms with Crippen LogP contribution in [0, 0.1) is 0 Å². The molecule has 1 saturated heterocycles. The zero-order valence-electron chi connectivity index (χ0n) is 9.84. The highest BCUT2D eigenvalue weighted by atomic mass is 35.5. The number of aliphatic hydroxyl groups is 1. The SMILES string of the molecule is CC1COC(CO)CN1Cc1ccnc(Cl)c1. The van der Waals surface area contributed by atoms with E-state index in [1.54, 1.807) is 6.20 Å². The lowest BCUT2D eigenvalue weighted by atomic mass is 10.1. The van der Waals surface area contributed by atoms with E-state index < -0.39 is 0 Å². The Labute approximate surface area is 106 Å². The van der Waals surface area contributed by atoms with Gasteiger partial charge in [-0.1, -0.05) is 11.6 Å². The summed E-state index contributed by atoms with van der Waals surface area (Å²) in [6.07, 6.45) is 1.63. The number of hydrogen-bond donors (Lipinski definition) is 1. The quantitative estimate of drug-likeness (QED) is 0.829. The van der Waals surface area contributed by atoms with E-state index in [9.17, 15) is 0 Å². The highest BCUT2D eigenvalue weighted by molar-refractivity contribution is 6.29. The van der Waals surface area contributed by atoms with Crippen LogP contribution in [0.3, 0.4) is 0 Å². The third-order valence-corrected chi connectivity index (χ3v) is 3.22. The average Bonchev–Trinajstić information content (AvgIpc) is 2.32. The summed E-state index contributed by atoms with van der Waals surface area (Å²) in [4.78, 5) is 6.25. The molecule has 0 amide bonds. The number of rotatable bonds is 3. The molecule has 2 atom stereocenters. The Balaban J connectivity index is 2.01. The second-order valence-electron chi connectivity index (χ2n) is 4.40. The van der Waals surface area contributed by atoms with Crippen LogP contribution in [0.2, 0.25) is 5.15 Å². The smallest absolute Gasteiger partial charge is 0.129 e. The Morgan fingerprint density at radius 2 is 2.47 bits per heavy atom. The Bertz CT molecular complexity index is 375. The fourth-order valence-corrected chi connectivity index (χ4v) is 2.18. The number of nitrogens with zero attached hydrogens (tertiary/aromatic N) is 2. The first kappa shape index (κ1) is 12.8. The van der Waals surface area contributed by atoms with Gasteiger partial charge in [0.2, 0.25) is 0 Å². The van der Waals surface area contributed by atoms with Crippen LogP contribution in [0.25, 0.3) is 0 Å². The summed E-state index contributed by atoms with van der Waals surface area (Å²) < 4.78 is 5.50. The van der Waals surface area contributed by atoms with Gasteiger partial charge in [0.15, 0.2) is 0 Å². The van der Waals surface area contributed by atoms with Gasteiger partial charge in [0.05, 0.1) is 19.3 Å². The molecule has 1 aliphatic rings. The van der Waals surface area contributed by atoms with Gasteiger partial charge in [-0.3, -0.25) is 4.90 Å². The normalized spacial score (nSPS) is 26.1. The molecule has 0 saturated carbocycles. The Morgan fingerprint density at radius 3 is 3.18 bits per heavy atom. The lowest BCUT2D eigenvalue weighted by molar-refractivity contribution is -0.0805. The molecular weight excluding hydrogens is 240 g/mol.